The Hall–Kier alpha value is -2.64. The zero-order chi connectivity index (χ0) is 15.6. The van der Waals surface area contributed by atoms with Crippen molar-refractivity contribution in [3.05, 3.63) is 33.9 Å². The molecule has 1 heterocycles. The molecule has 0 aromatic heterocycles. The summed E-state index contributed by atoms with van der Waals surface area (Å²) in [5.74, 6) is -1.45. The molecule has 1 saturated heterocycles. The van der Waals surface area contributed by atoms with Gasteiger partial charge in [0.25, 0.3) is 5.69 Å². The van der Waals surface area contributed by atoms with Crippen LogP contribution in [0.2, 0.25) is 0 Å². The van der Waals surface area contributed by atoms with Crippen LogP contribution in [0.25, 0.3) is 0 Å². The van der Waals surface area contributed by atoms with Crippen LogP contribution in [0, 0.1) is 10.1 Å². The number of rotatable bonds is 4. The number of nitro groups is 1. The van der Waals surface area contributed by atoms with E-state index in [-0.39, 0.29) is 17.2 Å². The first-order valence-electron chi connectivity index (χ1n) is 6.45. The Morgan fingerprint density at radius 3 is 2.76 bits per heavy atom. The maximum Gasteiger partial charge on any atom is 0.338 e. The first-order valence-corrected chi connectivity index (χ1v) is 6.45. The molecule has 8 nitrogen and oxygen atoms in total. The number of nitrogens with one attached hydrogen (secondary N) is 1. The highest BCUT2D eigenvalue weighted by Crippen LogP contribution is 2.31. The lowest BCUT2D eigenvalue weighted by molar-refractivity contribution is -0.384. The zero-order valence-electron chi connectivity index (χ0n) is 11.4. The van der Waals surface area contributed by atoms with E-state index in [1.807, 2.05) is 0 Å². The lowest BCUT2D eigenvalue weighted by atomic mass is 10.1. The van der Waals surface area contributed by atoms with E-state index in [9.17, 15) is 24.8 Å². The number of anilines is 1. The molecule has 0 spiro atoms. The lowest BCUT2D eigenvalue weighted by Gasteiger charge is -2.26. The normalized spacial score (nSPS) is 17.6. The Morgan fingerprint density at radius 1 is 1.48 bits per heavy atom. The number of carbonyl (C=O) groups excluding carboxylic acids is 1. The van der Waals surface area contributed by atoms with Crippen molar-refractivity contribution in [3.8, 4) is 0 Å². The summed E-state index contributed by atoms with van der Waals surface area (Å²) < 4.78 is 0. The second kappa shape index (κ2) is 5.78. The number of aromatic carboxylic acids is 1. The third kappa shape index (κ3) is 2.78. The van der Waals surface area contributed by atoms with Crippen LogP contribution in [0.3, 0.4) is 0 Å². The van der Waals surface area contributed by atoms with Gasteiger partial charge in [0, 0.05) is 25.7 Å². The monoisotopic (exact) mass is 293 g/mol. The van der Waals surface area contributed by atoms with Gasteiger partial charge in [-0.15, -0.1) is 0 Å². The van der Waals surface area contributed by atoms with Crippen molar-refractivity contribution in [2.75, 3.05) is 18.5 Å². The minimum atomic E-state index is -1.25. The van der Waals surface area contributed by atoms with Gasteiger partial charge < -0.3 is 15.3 Å². The van der Waals surface area contributed by atoms with Gasteiger partial charge in [-0.2, -0.15) is 0 Å². The highest BCUT2D eigenvalue weighted by molar-refractivity contribution is 5.97. The number of carboxylic acids is 1. The van der Waals surface area contributed by atoms with Gasteiger partial charge in [0.05, 0.1) is 16.2 Å². The van der Waals surface area contributed by atoms with E-state index in [1.54, 1.807) is 4.90 Å². The molecule has 1 aromatic carbocycles. The van der Waals surface area contributed by atoms with Gasteiger partial charge in [-0.1, -0.05) is 0 Å². The average molecular weight is 293 g/mol. The van der Waals surface area contributed by atoms with Gasteiger partial charge in [0.1, 0.15) is 6.04 Å². The summed E-state index contributed by atoms with van der Waals surface area (Å²) in [4.78, 5) is 35.0. The van der Waals surface area contributed by atoms with Gasteiger partial charge in [-0.25, -0.2) is 4.79 Å². The van der Waals surface area contributed by atoms with E-state index in [4.69, 9.17) is 0 Å². The maximum absolute atomic E-state index is 11.8. The summed E-state index contributed by atoms with van der Waals surface area (Å²) in [5.41, 5.74) is -0.119. The minimum absolute atomic E-state index is 0.167. The van der Waals surface area contributed by atoms with Crippen molar-refractivity contribution in [1.29, 1.82) is 0 Å². The highest BCUT2D eigenvalue weighted by atomic mass is 16.6. The molecule has 0 saturated carbocycles. The molecular weight excluding hydrogens is 278 g/mol. The quantitative estimate of drug-likeness (QED) is 0.632. The Kier molecular flexibility index (Phi) is 4.06. The van der Waals surface area contributed by atoms with Crippen LogP contribution < -0.4 is 10.2 Å². The first kappa shape index (κ1) is 14.8. The largest absolute Gasteiger partial charge is 0.478 e. The molecule has 112 valence electrons. The third-order valence-corrected chi connectivity index (χ3v) is 3.53. The summed E-state index contributed by atoms with van der Waals surface area (Å²) in [6.45, 7) is 0.538. The van der Waals surface area contributed by atoms with E-state index >= 15 is 0 Å². The van der Waals surface area contributed by atoms with E-state index < -0.39 is 16.9 Å². The van der Waals surface area contributed by atoms with Crippen LogP contribution >= 0.6 is 0 Å². The number of carboxylic acid groups (broad SMARTS) is 1. The van der Waals surface area contributed by atoms with Crippen LogP contribution in [0.4, 0.5) is 11.4 Å². The molecule has 1 atom stereocenters. The molecule has 0 bridgehead atoms. The molecule has 1 aromatic rings. The van der Waals surface area contributed by atoms with Gasteiger partial charge in [0.15, 0.2) is 0 Å². The average Bonchev–Trinajstić information content (AvgIpc) is 2.94. The molecule has 0 radical (unpaired) electrons. The topological polar surface area (TPSA) is 113 Å². The summed E-state index contributed by atoms with van der Waals surface area (Å²) in [7, 11) is 1.52. The molecule has 1 unspecified atom stereocenters. The van der Waals surface area contributed by atoms with E-state index in [0.717, 1.165) is 12.5 Å². The molecule has 8 heteroatoms. The fourth-order valence-electron chi connectivity index (χ4n) is 2.55. The van der Waals surface area contributed by atoms with Crippen molar-refractivity contribution in [1.82, 2.24) is 5.32 Å². The van der Waals surface area contributed by atoms with Crippen molar-refractivity contribution < 1.29 is 19.6 Å². The number of carbonyl (C=O) groups is 2. The Bertz CT molecular complexity index is 601. The van der Waals surface area contributed by atoms with Crippen molar-refractivity contribution in [3.63, 3.8) is 0 Å². The molecule has 1 aliphatic heterocycles. The first-order chi connectivity index (χ1) is 9.95. The number of nitrogens with zero attached hydrogens (tertiary/aromatic N) is 2. The number of likely N-dealkylation sites (N-methyl/N-ethyl adjacent to an activating group) is 1. The van der Waals surface area contributed by atoms with Crippen LogP contribution in [0.1, 0.15) is 23.2 Å². The van der Waals surface area contributed by atoms with Crippen LogP contribution in [0.15, 0.2) is 18.2 Å². The predicted molar refractivity (Wildman–Crippen MR) is 74.5 cm³/mol. The summed E-state index contributed by atoms with van der Waals surface area (Å²) in [6.07, 6.45) is 1.38. The van der Waals surface area contributed by atoms with E-state index in [1.165, 1.54) is 19.2 Å². The Labute approximate surface area is 120 Å². The molecule has 0 aliphatic carbocycles. The number of benzene rings is 1. The lowest BCUT2D eigenvalue weighted by Crippen LogP contribution is -2.42. The molecule has 2 N–H and O–H groups in total. The van der Waals surface area contributed by atoms with Crippen LogP contribution in [-0.4, -0.2) is 41.5 Å². The Morgan fingerprint density at radius 2 is 2.19 bits per heavy atom. The van der Waals surface area contributed by atoms with Crippen molar-refractivity contribution in [2.45, 2.75) is 18.9 Å². The van der Waals surface area contributed by atoms with Crippen LogP contribution in [-0.2, 0) is 4.79 Å². The molecular formula is C13H15N3O5. The number of hydrogen-bond acceptors (Lipinski definition) is 5. The maximum atomic E-state index is 11.8. The Balaban J connectivity index is 2.45. The van der Waals surface area contributed by atoms with E-state index in [0.29, 0.717) is 18.7 Å². The summed E-state index contributed by atoms with van der Waals surface area (Å²) in [6, 6.07) is 3.22. The second-order valence-corrected chi connectivity index (χ2v) is 4.73. The highest BCUT2D eigenvalue weighted by Gasteiger charge is 2.33. The third-order valence-electron chi connectivity index (χ3n) is 3.53. The van der Waals surface area contributed by atoms with Gasteiger partial charge in [0.2, 0.25) is 5.91 Å². The summed E-state index contributed by atoms with van der Waals surface area (Å²) >= 11 is 0. The molecule has 1 fully saturated rings. The van der Waals surface area contributed by atoms with Gasteiger partial charge in [-0.05, 0) is 18.9 Å². The molecule has 2 rings (SSSR count). The molecule has 21 heavy (non-hydrogen) atoms. The summed E-state index contributed by atoms with van der Waals surface area (Å²) in [5, 5.41) is 22.6. The van der Waals surface area contributed by atoms with E-state index in [2.05, 4.69) is 5.32 Å². The number of non-ortho nitro benzene ring substituents is 1. The SMILES string of the molecule is CNC(=O)C1CCCN1c1ccc([N+](=O)[O-])cc1C(=O)O. The molecule has 1 amide bonds. The second-order valence-electron chi connectivity index (χ2n) is 4.73. The number of hydrogen-bond donors (Lipinski definition) is 2. The van der Waals surface area contributed by atoms with Gasteiger partial charge in [-0.3, -0.25) is 14.9 Å². The van der Waals surface area contributed by atoms with Crippen molar-refractivity contribution >= 4 is 23.3 Å². The predicted octanol–water partition coefficient (Wildman–Crippen LogP) is 1.01. The van der Waals surface area contributed by atoms with Crippen molar-refractivity contribution in [2.24, 2.45) is 0 Å². The van der Waals surface area contributed by atoms with Gasteiger partial charge >= 0.3 is 5.97 Å². The number of nitro benzene ring substituents is 1. The van der Waals surface area contributed by atoms with Crippen LogP contribution in [0.5, 0.6) is 0 Å². The molecule has 1 aliphatic rings. The standard InChI is InChI=1S/C13H15N3O5/c1-14-12(17)11-3-2-6-15(11)10-5-4-8(16(20)21)7-9(10)13(18)19/h4-5,7,11H,2-3,6H2,1H3,(H,14,17)(H,18,19). The fraction of sp³-hybridized carbons (Fsp3) is 0.385. The fourth-order valence-corrected chi connectivity index (χ4v) is 2.55. The minimum Gasteiger partial charge on any atom is -0.478 e. The zero-order valence-corrected chi connectivity index (χ0v) is 11.4. The smallest absolute Gasteiger partial charge is 0.338 e. The number of amides is 1.